The second kappa shape index (κ2) is 8.83. The van der Waals surface area contributed by atoms with Crippen molar-refractivity contribution in [3.63, 3.8) is 0 Å². The van der Waals surface area contributed by atoms with E-state index in [2.05, 4.69) is 5.43 Å². The Morgan fingerprint density at radius 2 is 1.89 bits per heavy atom. The third-order valence-corrected chi connectivity index (χ3v) is 5.03. The molecule has 0 aliphatic carbocycles. The molecular weight excluding hydrogens is 380 g/mol. The Morgan fingerprint density at radius 3 is 2.56 bits per heavy atom. The van der Waals surface area contributed by atoms with Gasteiger partial charge < -0.3 is 4.74 Å². The minimum Gasteiger partial charge on any atom is -0.494 e. The molecule has 1 heterocycles. The highest BCUT2D eigenvalue weighted by Crippen LogP contribution is 2.31. The molecule has 0 aromatic heterocycles. The fourth-order valence-corrected chi connectivity index (χ4v) is 3.67. The van der Waals surface area contributed by atoms with Crippen molar-refractivity contribution in [3.05, 3.63) is 70.6 Å². The average molecular weight is 399 g/mol. The number of hydrogen-bond donors (Lipinski definition) is 1. The molecule has 1 fully saturated rings. The van der Waals surface area contributed by atoms with Crippen LogP contribution in [0.5, 0.6) is 5.75 Å². The number of hydrazine groups is 1. The van der Waals surface area contributed by atoms with Gasteiger partial charge in [0.2, 0.25) is 5.91 Å². The summed E-state index contributed by atoms with van der Waals surface area (Å²) in [5, 5.41) is 1.13. The van der Waals surface area contributed by atoms with Crippen LogP contribution < -0.4 is 10.2 Å². The minimum atomic E-state index is -0.333. The van der Waals surface area contributed by atoms with Gasteiger partial charge in [-0.1, -0.05) is 54.2 Å². The molecule has 138 valence electrons. The molecule has 27 heavy (non-hydrogen) atoms. The van der Waals surface area contributed by atoms with E-state index in [1.165, 1.54) is 0 Å². The minimum absolute atomic E-state index is 0.176. The molecular formula is C20H18N2O3S2. The SMILES string of the molecule is CCOc1ccc(/C=C2\SC(=S)N(NC(=O)Cc3ccccc3)C2=O)cc1. The Bertz CT molecular complexity index is 880. The van der Waals surface area contributed by atoms with Gasteiger partial charge in [-0.05, 0) is 48.5 Å². The van der Waals surface area contributed by atoms with E-state index in [4.69, 9.17) is 17.0 Å². The van der Waals surface area contributed by atoms with Crippen molar-refractivity contribution in [2.24, 2.45) is 0 Å². The number of nitrogens with zero attached hydrogens (tertiary/aromatic N) is 1. The van der Waals surface area contributed by atoms with E-state index in [9.17, 15) is 9.59 Å². The molecule has 1 aliphatic rings. The second-order valence-electron chi connectivity index (χ2n) is 5.72. The zero-order valence-electron chi connectivity index (χ0n) is 14.7. The maximum absolute atomic E-state index is 12.6. The van der Waals surface area contributed by atoms with Crippen LogP contribution in [-0.4, -0.2) is 27.8 Å². The smallest absolute Gasteiger partial charge is 0.285 e. The topological polar surface area (TPSA) is 58.6 Å². The zero-order chi connectivity index (χ0) is 19.2. The van der Waals surface area contributed by atoms with E-state index >= 15 is 0 Å². The second-order valence-corrected chi connectivity index (χ2v) is 7.39. The first-order valence-electron chi connectivity index (χ1n) is 8.41. The highest BCUT2D eigenvalue weighted by molar-refractivity contribution is 8.26. The molecule has 1 aliphatic heterocycles. The maximum atomic E-state index is 12.6. The van der Waals surface area contributed by atoms with Crippen LogP contribution >= 0.6 is 24.0 Å². The van der Waals surface area contributed by atoms with Crippen LogP contribution in [0.4, 0.5) is 0 Å². The van der Waals surface area contributed by atoms with Gasteiger partial charge >= 0.3 is 0 Å². The van der Waals surface area contributed by atoms with Crippen molar-refractivity contribution in [1.29, 1.82) is 0 Å². The standard InChI is InChI=1S/C20H18N2O3S2/c1-2-25-16-10-8-15(9-11-16)12-17-19(24)22(20(26)27-17)21-18(23)13-14-6-4-3-5-7-14/h3-12H,2,13H2,1H3,(H,21,23)/b17-12-. The Morgan fingerprint density at radius 1 is 1.19 bits per heavy atom. The molecule has 0 unspecified atom stereocenters. The van der Waals surface area contributed by atoms with Crippen LogP contribution in [-0.2, 0) is 16.0 Å². The summed E-state index contributed by atoms with van der Waals surface area (Å²) in [7, 11) is 0. The van der Waals surface area contributed by atoms with Crippen LogP contribution in [0.2, 0.25) is 0 Å². The molecule has 0 atom stereocenters. The van der Waals surface area contributed by atoms with Crippen molar-refractivity contribution in [2.45, 2.75) is 13.3 Å². The number of hydrogen-bond acceptors (Lipinski definition) is 5. The molecule has 0 bridgehead atoms. The van der Waals surface area contributed by atoms with Crippen LogP contribution in [0.25, 0.3) is 6.08 Å². The highest BCUT2D eigenvalue weighted by atomic mass is 32.2. The first kappa shape index (κ1) is 19.1. The van der Waals surface area contributed by atoms with Crippen LogP contribution in [0.15, 0.2) is 59.5 Å². The third kappa shape index (κ3) is 4.96. The first-order chi connectivity index (χ1) is 13.1. The number of amides is 2. The summed E-state index contributed by atoms with van der Waals surface area (Å²) in [5.74, 6) is 0.149. The lowest BCUT2D eigenvalue weighted by molar-refractivity contribution is -0.132. The lowest BCUT2D eigenvalue weighted by Crippen LogP contribution is -2.45. The predicted octanol–water partition coefficient (Wildman–Crippen LogP) is 3.56. The summed E-state index contributed by atoms with van der Waals surface area (Å²) in [6.45, 7) is 2.52. The Labute approximate surface area is 167 Å². The number of carbonyl (C=O) groups is 2. The van der Waals surface area contributed by atoms with E-state index in [0.29, 0.717) is 15.8 Å². The Hall–Kier alpha value is -2.64. The quantitative estimate of drug-likeness (QED) is 0.596. The normalized spacial score (nSPS) is 15.3. The summed E-state index contributed by atoms with van der Waals surface area (Å²) in [5.41, 5.74) is 4.31. The summed E-state index contributed by atoms with van der Waals surface area (Å²) < 4.78 is 5.71. The molecule has 2 amide bonds. The number of thioether (sulfide) groups is 1. The monoisotopic (exact) mass is 398 g/mol. The van der Waals surface area contributed by atoms with Gasteiger partial charge in [0.25, 0.3) is 5.91 Å². The summed E-state index contributed by atoms with van der Waals surface area (Å²) in [4.78, 5) is 25.3. The van der Waals surface area contributed by atoms with E-state index in [1.807, 2.05) is 61.5 Å². The third-order valence-electron chi connectivity index (χ3n) is 3.73. The number of carbonyl (C=O) groups excluding carboxylic acids is 2. The number of rotatable bonds is 6. The predicted molar refractivity (Wildman–Crippen MR) is 111 cm³/mol. The van der Waals surface area contributed by atoms with E-state index in [1.54, 1.807) is 6.08 Å². The number of ether oxygens (including phenoxy) is 1. The van der Waals surface area contributed by atoms with Crippen molar-refractivity contribution in [2.75, 3.05) is 6.61 Å². The lowest BCUT2D eigenvalue weighted by Gasteiger charge is -2.15. The van der Waals surface area contributed by atoms with Crippen molar-refractivity contribution < 1.29 is 14.3 Å². The summed E-state index contributed by atoms with van der Waals surface area (Å²) in [6.07, 6.45) is 1.92. The number of benzene rings is 2. The highest BCUT2D eigenvalue weighted by Gasteiger charge is 2.33. The fourth-order valence-electron chi connectivity index (χ4n) is 2.49. The number of nitrogens with one attached hydrogen (secondary N) is 1. The van der Waals surface area contributed by atoms with Crippen LogP contribution in [0.1, 0.15) is 18.1 Å². The van der Waals surface area contributed by atoms with Crippen molar-refractivity contribution in [3.8, 4) is 5.75 Å². The van der Waals surface area contributed by atoms with Gasteiger partial charge in [-0.3, -0.25) is 15.0 Å². The Kier molecular flexibility index (Phi) is 6.26. The lowest BCUT2D eigenvalue weighted by atomic mass is 10.1. The molecule has 5 nitrogen and oxygen atoms in total. The van der Waals surface area contributed by atoms with Crippen LogP contribution in [0.3, 0.4) is 0 Å². The average Bonchev–Trinajstić information content (AvgIpc) is 2.92. The van der Waals surface area contributed by atoms with E-state index in [-0.39, 0.29) is 18.2 Å². The molecule has 1 N–H and O–H groups in total. The van der Waals surface area contributed by atoms with Gasteiger partial charge in [-0.25, -0.2) is 0 Å². The maximum Gasteiger partial charge on any atom is 0.285 e. The molecule has 7 heteroatoms. The zero-order valence-corrected chi connectivity index (χ0v) is 16.3. The van der Waals surface area contributed by atoms with E-state index < -0.39 is 0 Å². The van der Waals surface area contributed by atoms with Gasteiger partial charge in [0.15, 0.2) is 4.32 Å². The van der Waals surface area contributed by atoms with E-state index in [0.717, 1.165) is 33.6 Å². The van der Waals surface area contributed by atoms with Gasteiger partial charge in [0.1, 0.15) is 5.75 Å². The molecule has 0 spiro atoms. The van der Waals surface area contributed by atoms with Crippen LogP contribution in [0, 0.1) is 0 Å². The molecule has 1 saturated heterocycles. The van der Waals surface area contributed by atoms with Gasteiger partial charge in [0.05, 0.1) is 17.9 Å². The van der Waals surface area contributed by atoms with Crippen molar-refractivity contribution in [1.82, 2.24) is 10.4 Å². The first-order valence-corrected chi connectivity index (χ1v) is 9.63. The van der Waals surface area contributed by atoms with Gasteiger partial charge in [-0.2, -0.15) is 5.01 Å². The molecule has 3 rings (SSSR count). The summed E-state index contributed by atoms with van der Waals surface area (Å²) in [6, 6.07) is 16.7. The van der Waals surface area contributed by atoms with Crippen molar-refractivity contribution >= 4 is 46.2 Å². The number of thiocarbonyl (C=S) groups is 1. The molecule has 0 saturated carbocycles. The molecule has 2 aromatic rings. The Balaban J connectivity index is 1.66. The molecule has 2 aromatic carbocycles. The molecule has 0 radical (unpaired) electrons. The van der Waals surface area contributed by atoms with Gasteiger partial charge in [0, 0.05) is 0 Å². The summed E-state index contributed by atoms with van der Waals surface area (Å²) >= 11 is 6.40. The largest absolute Gasteiger partial charge is 0.494 e. The van der Waals surface area contributed by atoms with Gasteiger partial charge in [-0.15, -0.1) is 0 Å². The fraction of sp³-hybridized carbons (Fsp3) is 0.150.